The molecule has 0 aliphatic carbocycles. The summed E-state index contributed by atoms with van der Waals surface area (Å²) in [5.41, 5.74) is 2.73. The van der Waals surface area contributed by atoms with Crippen molar-refractivity contribution in [1.29, 1.82) is 0 Å². The summed E-state index contributed by atoms with van der Waals surface area (Å²) in [7, 11) is 0. The van der Waals surface area contributed by atoms with Crippen LogP contribution in [0.3, 0.4) is 0 Å². The fraction of sp³-hybridized carbons (Fsp3) is 0.350. The molecule has 0 unspecified atom stereocenters. The van der Waals surface area contributed by atoms with E-state index in [9.17, 15) is 4.79 Å². The van der Waals surface area contributed by atoms with Gasteiger partial charge < -0.3 is 14.8 Å². The second-order valence-electron chi connectivity index (χ2n) is 6.65. The van der Waals surface area contributed by atoms with Crippen LogP contribution in [0.1, 0.15) is 31.9 Å². The lowest BCUT2D eigenvalue weighted by Crippen LogP contribution is -2.41. The third-order valence-corrected chi connectivity index (χ3v) is 4.43. The van der Waals surface area contributed by atoms with E-state index in [1.807, 2.05) is 56.3 Å². The lowest BCUT2D eigenvalue weighted by atomic mass is 9.94. The lowest BCUT2D eigenvalue weighted by molar-refractivity contribution is -0.115. The van der Waals surface area contributed by atoms with Crippen LogP contribution < -0.4 is 20.1 Å². The molecule has 2 aromatic rings. The summed E-state index contributed by atoms with van der Waals surface area (Å²) >= 11 is 0. The number of benzene rings is 2. The number of aryl methyl sites for hydroxylation is 1. The fourth-order valence-corrected chi connectivity index (χ4v) is 2.72. The number of hydrogen-bond donors (Lipinski definition) is 2. The van der Waals surface area contributed by atoms with Crippen molar-refractivity contribution in [2.24, 2.45) is 0 Å². The lowest BCUT2D eigenvalue weighted by Gasteiger charge is -2.27. The number of fused-ring (bicyclic) bond motifs is 1. The zero-order chi connectivity index (χ0) is 17.9. The summed E-state index contributed by atoms with van der Waals surface area (Å²) in [5, 5.41) is 6.21. The van der Waals surface area contributed by atoms with Crippen LogP contribution in [0.15, 0.2) is 42.5 Å². The number of hydrogen-bond acceptors (Lipinski definition) is 4. The first kappa shape index (κ1) is 17.3. The average molecular weight is 340 g/mol. The van der Waals surface area contributed by atoms with Crippen molar-refractivity contribution in [3.8, 4) is 11.5 Å². The molecular formula is C20H24N2O3. The minimum atomic E-state index is -0.371. The maximum absolute atomic E-state index is 12.2. The average Bonchev–Trinajstić information content (AvgIpc) is 3.08. The number of anilines is 1. The third kappa shape index (κ3) is 4.12. The second kappa shape index (κ2) is 7.15. The molecule has 5 heteroatoms. The zero-order valence-electron chi connectivity index (χ0n) is 14.9. The molecule has 5 nitrogen and oxygen atoms in total. The molecule has 0 radical (unpaired) electrons. The van der Waals surface area contributed by atoms with Gasteiger partial charge in [0.15, 0.2) is 11.5 Å². The van der Waals surface area contributed by atoms with Gasteiger partial charge in [0.2, 0.25) is 12.7 Å². The van der Waals surface area contributed by atoms with Gasteiger partial charge in [0.05, 0.1) is 6.54 Å². The first-order valence-electron chi connectivity index (χ1n) is 8.52. The Morgan fingerprint density at radius 1 is 1.08 bits per heavy atom. The van der Waals surface area contributed by atoms with E-state index in [0.29, 0.717) is 0 Å². The molecule has 0 bridgehead atoms. The van der Waals surface area contributed by atoms with E-state index in [1.165, 1.54) is 5.56 Å². The Hall–Kier alpha value is -2.53. The first-order chi connectivity index (χ1) is 12.0. The summed E-state index contributed by atoms with van der Waals surface area (Å²) in [6, 6.07) is 13.8. The Morgan fingerprint density at radius 2 is 1.80 bits per heavy atom. The zero-order valence-corrected chi connectivity index (χ0v) is 14.9. The number of rotatable bonds is 6. The van der Waals surface area contributed by atoms with E-state index in [2.05, 4.69) is 17.6 Å². The topological polar surface area (TPSA) is 59.6 Å². The molecule has 2 aromatic carbocycles. The molecule has 1 aliphatic heterocycles. The highest BCUT2D eigenvalue weighted by Crippen LogP contribution is 2.35. The van der Waals surface area contributed by atoms with Gasteiger partial charge in [-0.15, -0.1) is 0 Å². The van der Waals surface area contributed by atoms with E-state index in [4.69, 9.17) is 9.47 Å². The number of ether oxygens (including phenoxy) is 2. The van der Waals surface area contributed by atoms with Gasteiger partial charge in [-0.3, -0.25) is 10.1 Å². The van der Waals surface area contributed by atoms with Crippen molar-refractivity contribution in [1.82, 2.24) is 5.32 Å². The van der Waals surface area contributed by atoms with Crippen molar-refractivity contribution < 1.29 is 14.3 Å². The summed E-state index contributed by atoms with van der Waals surface area (Å²) < 4.78 is 10.8. The number of amides is 1. The van der Waals surface area contributed by atoms with Gasteiger partial charge in [-0.2, -0.15) is 0 Å². The Kier molecular flexibility index (Phi) is 4.95. The van der Waals surface area contributed by atoms with Gasteiger partial charge in [0.25, 0.3) is 0 Å². The maximum atomic E-state index is 12.2. The van der Waals surface area contributed by atoms with Gasteiger partial charge in [-0.1, -0.05) is 25.1 Å². The predicted octanol–water partition coefficient (Wildman–Crippen LogP) is 3.44. The van der Waals surface area contributed by atoms with Crippen molar-refractivity contribution in [2.75, 3.05) is 18.7 Å². The number of nitrogens with one attached hydrogen (secondary N) is 2. The molecule has 0 saturated carbocycles. The van der Waals surface area contributed by atoms with Crippen LogP contribution in [-0.4, -0.2) is 19.2 Å². The van der Waals surface area contributed by atoms with Crippen LogP contribution in [0.5, 0.6) is 11.5 Å². The van der Waals surface area contributed by atoms with E-state index in [1.54, 1.807) is 0 Å². The first-order valence-corrected chi connectivity index (χ1v) is 8.52. The van der Waals surface area contributed by atoms with Crippen molar-refractivity contribution >= 4 is 11.6 Å². The summed E-state index contributed by atoms with van der Waals surface area (Å²) in [5.74, 6) is 1.43. The summed E-state index contributed by atoms with van der Waals surface area (Å²) in [6.45, 7) is 6.65. The van der Waals surface area contributed by atoms with Crippen LogP contribution >= 0.6 is 0 Å². The van der Waals surface area contributed by atoms with Gasteiger partial charge in [-0.05, 0) is 55.7 Å². The van der Waals surface area contributed by atoms with E-state index >= 15 is 0 Å². The van der Waals surface area contributed by atoms with E-state index in [0.717, 1.165) is 29.2 Å². The fourth-order valence-electron chi connectivity index (χ4n) is 2.72. The Balaban J connectivity index is 1.58. The third-order valence-electron chi connectivity index (χ3n) is 4.43. The van der Waals surface area contributed by atoms with Gasteiger partial charge in [-0.25, -0.2) is 0 Å². The van der Waals surface area contributed by atoms with Crippen LogP contribution in [0, 0.1) is 0 Å². The van der Waals surface area contributed by atoms with Crippen LogP contribution in [0.2, 0.25) is 0 Å². The normalized spacial score (nSPS) is 12.9. The van der Waals surface area contributed by atoms with Gasteiger partial charge in [0, 0.05) is 11.2 Å². The smallest absolute Gasteiger partial charge is 0.238 e. The minimum Gasteiger partial charge on any atom is -0.454 e. The molecule has 0 spiro atoms. The summed E-state index contributed by atoms with van der Waals surface area (Å²) in [6.07, 6.45) is 0.986. The highest BCUT2D eigenvalue weighted by molar-refractivity contribution is 5.92. The minimum absolute atomic E-state index is 0.0712. The Morgan fingerprint density at radius 3 is 2.52 bits per heavy atom. The largest absolute Gasteiger partial charge is 0.454 e. The van der Waals surface area contributed by atoms with Crippen LogP contribution in [0.4, 0.5) is 5.69 Å². The van der Waals surface area contributed by atoms with Crippen LogP contribution in [-0.2, 0) is 16.8 Å². The second-order valence-corrected chi connectivity index (χ2v) is 6.65. The molecule has 25 heavy (non-hydrogen) atoms. The quantitative estimate of drug-likeness (QED) is 0.846. The Bertz CT molecular complexity index is 754. The monoisotopic (exact) mass is 340 g/mol. The molecule has 3 rings (SSSR count). The number of carbonyl (C=O) groups excluding carboxylic acids is 1. The maximum Gasteiger partial charge on any atom is 0.238 e. The molecule has 1 heterocycles. The highest BCUT2D eigenvalue weighted by Gasteiger charge is 2.24. The molecule has 0 aromatic heterocycles. The van der Waals surface area contributed by atoms with E-state index < -0.39 is 0 Å². The molecule has 0 saturated heterocycles. The molecule has 1 amide bonds. The Labute approximate surface area is 148 Å². The molecule has 1 aliphatic rings. The van der Waals surface area contributed by atoms with Gasteiger partial charge >= 0.3 is 0 Å². The van der Waals surface area contributed by atoms with Gasteiger partial charge in [0.1, 0.15) is 0 Å². The standard InChI is InChI=1S/C20H24N2O3/c1-4-14-5-8-16(9-6-14)22-19(23)12-21-20(2,3)15-7-10-17-18(11-15)25-13-24-17/h5-11,21H,4,12-13H2,1-3H3,(H,22,23). The molecule has 2 N–H and O–H groups in total. The molecule has 0 atom stereocenters. The van der Waals surface area contributed by atoms with Crippen LogP contribution in [0.25, 0.3) is 0 Å². The van der Waals surface area contributed by atoms with E-state index in [-0.39, 0.29) is 24.8 Å². The van der Waals surface area contributed by atoms with Crippen molar-refractivity contribution in [2.45, 2.75) is 32.7 Å². The molecular weight excluding hydrogens is 316 g/mol. The number of carbonyl (C=O) groups is 1. The predicted molar refractivity (Wildman–Crippen MR) is 98.0 cm³/mol. The SMILES string of the molecule is CCc1ccc(NC(=O)CNC(C)(C)c2ccc3c(c2)OCO3)cc1. The summed E-state index contributed by atoms with van der Waals surface area (Å²) in [4.78, 5) is 12.2. The molecule has 0 fully saturated rings. The van der Waals surface area contributed by atoms with Crippen molar-refractivity contribution in [3.05, 3.63) is 53.6 Å². The van der Waals surface area contributed by atoms with Crippen molar-refractivity contribution in [3.63, 3.8) is 0 Å². The highest BCUT2D eigenvalue weighted by atomic mass is 16.7. The molecule has 132 valence electrons.